The Bertz CT molecular complexity index is 408. The van der Waals surface area contributed by atoms with Gasteiger partial charge in [0, 0.05) is 13.1 Å². The lowest BCUT2D eigenvalue weighted by atomic mass is 10.0. The van der Waals surface area contributed by atoms with Crippen molar-refractivity contribution in [2.75, 3.05) is 26.7 Å². The molecule has 3 N–H and O–H groups in total. The van der Waals surface area contributed by atoms with Gasteiger partial charge < -0.3 is 14.4 Å². The predicted molar refractivity (Wildman–Crippen MR) is 79.5 cm³/mol. The maximum atomic E-state index is 5.84. The number of likely N-dealkylation sites (N-methyl/N-ethyl adjacent to an activating group) is 1. The Morgan fingerprint density at radius 1 is 1.35 bits per heavy atom. The third kappa shape index (κ3) is 3.93. The van der Waals surface area contributed by atoms with E-state index in [1.54, 1.807) is 0 Å². The van der Waals surface area contributed by atoms with Gasteiger partial charge in [0.15, 0.2) is 0 Å². The van der Waals surface area contributed by atoms with Crippen molar-refractivity contribution < 1.29 is 9.47 Å². The zero-order chi connectivity index (χ0) is 14.5. The van der Waals surface area contributed by atoms with E-state index in [-0.39, 0.29) is 18.2 Å². The van der Waals surface area contributed by atoms with E-state index >= 15 is 0 Å². The summed E-state index contributed by atoms with van der Waals surface area (Å²) in [6, 6.07) is 8.03. The molecular weight excluding hydrogens is 254 g/mol. The van der Waals surface area contributed by atoms with Gasteiger partial charge in [-0.1, -0.05) is 12.1 Å². The van der Waals surface area contributed by atoms with Crippen molar-refractivity contribution in [1.29, 1.82) is 0 Å². The minimum atomic E-state index is -0.00847. The van der Waals surface area contributed by atoms with Crippen LogP contribution in [-0.4, -0.2) is 43.9 Å². The number of rotatable bonds is 5. The van der Waals surface area contributed by atoms with Crippen LogP contribution in [0.15, 0.2) is 24.3 Å². The Kier molecular flexibility index (Phi) is 5.37. The van der Waals surface area contributed by atoms with Gasteiger partial charge in [0.2, 0.25) is 0 Å². The molecule has 112 valence electrons. The molecule has 2 rings (SSSR count). The number of nitrogens with two attached hydrogens (primary N) is 1. The predicted octanol–water partition coefficient (Wildman–Crippen LogP) is 1.31. The van der Waals surface area contributed by atoms with Crippen molar-refractivity contribution in [2.24, 2.45) is 5.84 Å². The van der Waals surface area contributed by atoms with E-state index in [1.165, 1.54) is 0 Å². The van der Waals surface area contributed by atoms with Crippen LogP contribution in [0.5, 0.6) is 5.75 Å². The monoisotopic (exact) mass is 279 g/mol. The molecule has 0 aliphatic carbocycles. The number of nitrogens with zero attached hydrogens (tertiary/aromatic N) is 1. The van der Waals surface area contributed by atoms with Gasteiger partial charge in [0.1, 0.15) is 5.75 Å². The number of benzene rings is 1. The smallest absolute Gasteiger partial charge is 0.119 e. The molecule has 0 bridgehead atoms. The first-order chi connectivity index (χ1) is 9.60. The van der Waals surface area contributed by atoms with Crippen LogP contribution in [-0.2, 0) is 4.74 Å². The maximum absolute atomic E-state index is 5.84. The highest BCUT2D eigenvalue weighted by Gasteiger charge is 2.27. The SMILES string of the molecule is CC(C)Oc1ccc(C(NN)C2CN(C)CCO2)cc1. The lowest BCUT2D eigenvalue weighted by Crippen LogP contribution is -2.48. The summed E-state index contributed by atoms with van der Waals surface area (Å²) in [5.74, 6) is 6.60. The second-order valence-corrected chi connectivity index (χ2v) is 5.55. The minimum absolute atomic E-state index is 0.00847. The molecule has 5 nitrogen and oxygen atoms in total. The van der Waals surface area contributed by atoms with Crippen molar-refractivity contribution in [2.45, 2.75) is 32.1 Å². The van der Waals surface area contributed by atoms with Gasteiger partial charge in [-0.15, -0.1) is 0 Å². The molecule has 0 radical (unpaired) electrons. The largest absolute Gasteiger partial charge is 0.491 e. The molecule has 1 heterocycles. The molecule has 0 aromatic heterocycles. The van der Waals surface area contributed by atoms with Crippen LogP contribution < -0.4 is 16.0 Å². The molecule has 1 aromatic carbocycles. The lowest BCUT2D eigenvalue weighted by molar-refractivity contribution is -0.0393. The fraction of sp³-hybridized carbons (Fsp3) is 0.600. The summed E-state index contributed by atoms with van der Waals surface area (Å²) in [5, 5.41) is 0. The van der Waals surface area contributed by atoms with E-state index in [4.69, 9.17) is 15.3 Å². The summed E-state index contributed by atoms with van der Waals surface area (Å²) in [5.41, 5.74) is 3.99. The van der Waals surface area contributed by atoms with Gasteiger partial charge in [0.25, 0.3) is 0 Å². The summed E-state index contributed by atoms with van der Waals surface area (Å²) in [6.45, 7) is 6.62. The summed E-state index contributed by atoms with van der Waals surface area (Å²) < 4.78 is 11.5. The van der Waals surface area contributed by atoms with E-state index in [1.807, 2.05) is 38.1 Å². The molecule has 20 heavy (non-hydrogen) atoms. The molecule has 0 amide bonds. The first-order valence-electron chi connectivity index (χ1n) is 7.13. The van der Waals surface area contributed by atoms with Crippen molar-refractivity contribution in [3.63, 3.8) is 0 Å². The molecule has 0 spiro atoms. The fourth-order valence-electron chi connectivity index (χ4n) is 2.46. The summed E-state index contributed by atoms with van der Waals surface area (Å²) in [6.07, 6.45) is 0.246. The van der Waals surface area contributed by atoms with E-state index in [0.717, 1.165) is 31.0 Å². The quantitative estimate of drug-likeness (QED) is 0.628. The highest BCUT2D eigenvalue weighted by molar-refractivity contribution is 5.30. The van der Waals surface area contributed by atoms with Gasteiger partial charge >= 0.3 is 0 Å². The second-order valence-electron chi connectivity index (χ2n) is 5.55. The van der Waals surface area contributed by atoms with E-state index in [0.29, 0.717) is 0 Å². The standard InChI is InChI=1S/C15H25N3O2/c1-11(2)20-13-6-4-12(5-7-13)15(17-16)14-10-18(3)8-9-19-14/h4-7,11,14-15,17H,8-10,16H2,1-3H3. The number of ether oxygens (including phenoxy) is 2. The van der Waals surface area contributed by atoms with Crippen LogP contribution in [0, 0.1) is 0 Å². The van der Waals surface area contributed by atoms with Crippen molar-refractivity contribution >= 4 is 0 Å². The Morgan fingerprint density at radius 3 is 2.60 bits per heavy atom. The third-order valence-electron chi connectivity index (χ3n) is 3.46. The highest BCUT2D eigenvalue weighted by atomic mass is 16.5. The van der Waals surface area contributed by atoms with Crippen molar-refractivity contribution in [3.05, 3.63) is 29.8 Å². The average molecular weight is 279 g/mol. The Labute approximate surface area is 121 Å². The number of hydrogen-bond donors (Lipinski definition) is 2. The Hall–Kier alpha value is -1.14. The van der Waals surface area contributed by atoms with Gasteiger partial charge in [-0.3, -0.25) is 11.3 Å². The zero-order valence-electron chi connectivity index (χ0n) is 12.5. The van der Waals surface area contributed by atoms with Crippen LogP contribution in [0.1, 0.15) is 25.5 Å². The van der Waals surface area contributed by atoms with Crippen LogP contribution in [0.25, 0.3) is 0 Å². The molecule has 5 heteroatoms. The molecule has 2 atom stereocenters. The topological polar surface area (TPSA) is 59.8 Å². The highest BCUT2D eigenvalue weighted by Crippen LogP contribution is 2.24. The molecule has 0 saturated carbocycles. The number of morpholine rings is 1. The molecule has 1 aliphatic heterocycles. The van der Waals surface area contributed by atoms with Crippen molar-refractivity contribution in [3.8, 4) is 5.75 Å². The number of hydrogen-bond acceptors (Lipinski definition) is 5. The van der Waals surface area contributed by atoms with Gasteiger partial charge in [-0.2, -0.15) is 0 Å². The third-order valence-corrected chi connectivity index (χ3v) is 3.46. The number of nitrogens with one attached hydrogen (secondary N) is 1. The number of hydrazine groups is 1. The van der Waals surface area contributed by atoms with E-state index < -0.39 is 0 Å². The Balaban J connectivity index is 2.07. The van der Waals surface area contributed by atoms with Crippen LogP contribution in [0.4, 0.5) is 0 Å². The normalized spacial score (nSPS) is 21.9. The first-order valence-corrected chi connectivity index (χ1v) is 7.13. The van der Waals surface area contributed by atoms with Gasteiger partial charge in [-0.05, 0) is 38.6 Å². The first kappa shape index (κ1) is 15.3. The lowest BCUT2D eigenvalue weighted by Gasteiger charge is -2.35. The van der Waals surface area contributed by atoms with Crippen LogP contribution in [0.3, 0.4) is 0 Å². The summed E-state index contributed by atoms with van der Waals surface area (Å²) in [7, 11) is 2.10. The molecule has 1 aromatic rings. The Morgan fingerprint density at radius 2 is 2.05 bits per heavy atom. The van der Waals surface area contributed by atoms with Gasteiger partial charge in [0.05, 0.1) is 24.9 Å². The minimum Gasteiger partial charge on any atom is -0.491 e. The maximum Gasteiger partial charge on any atom is 0.119 e. The summed E-state index contributed by atoms with van der Waals surface area (Å²) >= 11 is 0. The van der Waals surface area contributed by atoms with E-state index in [2.05, 4.69) is 17.4 Å². The van der Waals surface area contributed by atoms with E-state index in [9.17, 15) is 0 Å². The van der Waals surface area contributed by atoms with Crippen molar-refractivity contribution in [1.82, 2.24) is 10.3 Å². The average Bonchev–Trinajstić information content (AvgIpc) is 2.41. The molecule has 1 saturated heterocycles. The zero-order valence-corrected chi connectivity index (χ0v) is 12.5. The molecule has 1 fully saturated rings. The molecule has 2 unspecified atom stereocenters. The molecule has 1 aliphatic rings. The molecular formula is C15H25N3O2. The second kappa shape index (κ2) is 7.04. The van der Waals surface area contributed by atoms with Crippen LogP contribution >= 0.6 is 0 Å². The van der Waals surface area contributed by atoms with Gasteiger partial charge in [-0.25, -0.2) is 0 Å². The summed E-state index contributed by atoms with van der Waals surface area (Å²) in [4.78, 5) is 2.26. The fourth-order valence-corrected chi connectivity index (χ4v) is 2.46. The van der Waals surface area contributed by atoms with Crippen LogP contribution in [0.2, 0.25) is 0 Å².